The van der Waals surface area contributed by atoms with Gasteiger partial charge in [-0.3, -0.25) is 9.59 Å². The molecule has 1 fully saturated rings. The molecule has 0 radical (unpaired) electrons. The summed E-state index contributed by atoms with van der Waals surface area (Å²) in [6.07, 6.45) is 1.18. The van der Waals surface area contributed by atoms with Gasteiger partial charge < -0.3 is 10.4 Å². The lowest BCUT2D eigenvalue weighted by molar-refractivity contribution is -0.140. The molecule has 0 saturated heterocycles. The molecular formula is C13H14ClNO3. The molecule has 1 aromatic carbocycles. The summed E-state index contributed by atoms with van der Waals surface area (Å²) >= 11 is 5.77. The van der Waals surface area contributed by atoms with Gasteiger partial charge in [0, 0.05) is 11.6 Å². The van der Waals surface area contributed by atoms with Crippen molar-refractivity contribution < 1.29 is 14.7 Å². The van der Waals surface area contributed by atoms with Crippen molar-refractivity contribution in [1.29, 1.82) is 0 Å². The van der Waals surface area contributed by atoms with Gasteiger partial charge in [-0.25, -0.2) is 0 Å². The zero-order valence-corrected chi connectivity index (χ0v) is 10.5. The van der Waals surface area contributed by atoms with Crippen LogP contribution in [0.25, 0.3) is 0 Å². The maximum atomic E-state index is 11.6. The maximum absolute atomic E-state index is 11.6. The van der Waals surface area contributed by atoms with Crippen LogP contribution in [0.2, 0.25) is 5.02 Å². The Kier molecular flexibility index (Phi) is 3.87. The number of aliphatic carboxylic acids is 1. The average molecular weight is 268 g/mol. The molecule has 0 spiro atoms. The molecule has 0 heterocycles. The molecule has 0 bridgehead atoms. The zero-order valence-electron chi connectivity index (χ0n) is 9.73. The van der Waals surface area contributed by atoms with E-state index in [1.54, 1.807) is 12.1 Å². The van der Waals surface area contributed by atoms with Crippen LogP contribution in [0.5, 0.6) is 0 Å². The number of benzene rings is 1. The summed E-state index contributed by atoms with van der Waals surface area (Å²) in [6.45, 7) is 0.517. The molecule has 1 aliphatic rings. The number of nitrogens with one attached hydrogen (secondary N) is 1. The van der Waals surface area contributed by atoms with Crippen LogP contribution in [0.15, 0.2) is 24.3 Å². The molecule has 2 atom stereocenters. The zero-order chi connectivity index (χ0) is 13.1. The molecule has 2 unspecified atom stereocenters. The summed E-state index contributed by atoms with van der Waals surface area (Å²) < 4.78 is 0. The fraction of sp³-hybridized carbons (Fsp3) is 0.385. The Hall–Kier alpha value is -1.55. The smallest absolute Gasteiger partial charge is 0.307 e. The molecule has 96 valence electrons. The van der Waals surface area contributed by atoms with Crippen LogP contribution in [0.4, 0.5) is 0 Å². The molecule has 1 aliphatic carbocycles. The minimum Gasteiger partial charge on any atom is -0.481 e. The summed E-state index contributed by atoms with van der Waals surface area (Å²) in [5.41, 5.74) is 1.09. The van der Waals surface area contributed by atoms with Gasteiger partial charge in [0.2, 0.25) is 5.91 Å². The Morgan fingerprint density at radius 3 is 2.50 bits per heavy atom. The fourth-order valence-corrected chi connectivity index (χ4v) is 2.00. The van der Waals surface area contributed by atoms with Gasteiger partial charge in [0.15, 0.2) is 0 Å². The highest BCUT2D eigenvalue weighted by Gasteiger charge is 2.48. The number of hydrogen-bond acceptors (Lipinski definition) is 2. The van der Waals surface area contributed by atoms with Crippen LogP contribution in [0.3, 0.4) is 0 Å². The number of carbonyl (C=O) groups excluding carboxylic acids is 1. The van der Waals surface area contributed by atoms with E-state index in [1.165, 1.54) is 0 Å². The van der Waals surface area contributed by atoms with Gasteiger partial charge in [-0.1, -0.05) is 23.7 Å². The summed E-state index contributed by atoms with van der Waals surface area (Å²) in [5, 5.41) is 12.2. The highest BCUT2D eigenvalue weighted by atomic mass is 35.5. The molecule has 1 saturated carbocycles. The Balaban J connectivity index is 1.71. The van der Waals surface area contributed by atoms with Crippen LogP contribution < -0.4 is 5.32 Å². The van der Waals surface area contributed by atoms with E-state index < -0.39 is 11.9 Å². The van der Waals surface area contributed by atoms with Crippen LogP contribution >= 0.6 is 11.6 Å². The van der Waals surface area contributed by atoms with Gasteiger partial charge in [-0.2, -0.15) is 0 Å². The highest BCUT2D eigenvalue weighted by Crippen LogP contribution is 2.38. The predicted molar refractivity (Wildman–Crippen MR) is 67.4 cm³/mol. The van der Waals surface area contributed by atoms with Crippen molar-refractivity contribution >= 4 is 23.5 Å². The minimum absolute atomic E-state index is 0.156. The largest absolute Gasteiger partial charge is 0.481 e. The van der Waals surface area contributed by atoms with Crippen molar-refractivity contribution in [2.75, 3.05) is 6.54 Å². The first-order chi connectivity index (χ1) is 8.58. The van der Waals surface area contributed by atoms with Crippen LogP contribution in [0.1, 0.15) is 12.0 Å². The quantitative estimate of drug-likeness (QED) is 0.854. The highest BCUT2D eigenvalue weighted by molar-refractivity contribution is 6.30. The normalized spacial score (nSPS) is 21.4. The molecule has 2 N–H and O–H groups in total. The number of hydrogen-bond donors (Lipinski definition) is 2. The van der Waals surface area contributed by atoms with E-state index in [2.05, 4.69) is 5.32 Å². The summed E-state index contributed by atoms with van der Waals surface area (Å²) in [5.74, 6) is -1.86. The van der Waals surface area contributed by atoms with E-state index in [0.29, 0.717) is 24.4 Å². The van der Waals surface area contributed by atoms with E-state index >= 15 is 0 Å². The second-order valence-electron chi connectivity index (χ2n) is 4.45. The molecule has 5 heteroatoms. The second kappa shape index (κ2) is 5.40. The van der Waals surface area contributed by atoms with Gasteiger partial charge >= 0.3 is 5.97 Å². The number of carbonyl (C=O) groups is 2. The van der Waals surface area contributed by atoms with Crippen LogP contribution in [-0.2, 0) is 16.0 Å². The van der Waals surface area contributed by atoms with E-state index in [1.807, 2.05) is 12.1 Å². The molecule has 18 heavy (non-hydrogen) atoms. The van der Waals surface area contributed by atoms with Crippen LogP contribution in [-0.4, -0.2) is 23.5 Å². The van der Waals surface area contributed by atoms with Gasteiger partial charge in [0.05, 0.1) is 11.8 Å². The van der Waals surface area contributed by atoms with Crippen molar-refractivity contribution in [3.8, 4) is 0 Å². The number of amides is 1. The first-order valence-electron chi connectivity index (χ1n) is 5.83. The molecular weight excluding hydrogens is 254 g/mol. The first kappa shape index (κ1) is 12.9. The third-order valence-corrected chi connectivity index (χ3v) is 3.32. The predicted octanol–water partition coefficient (Wildman–Crippen LogP) is 1.72. The second-order valence-corrected chi connectivity index (χ2v) is 4.89. The van der Waals surface area contributed by atoms with Crippen molar-refractivity contribution in [3.63, 3.8) is 0 Å². The summed E-state index contributed by atoms with van der Waals surface area (Å²) in [6, 6.07) is 7.43. The molecule has 2 rings (SSSR count). The topological polar surface area (TPSA) is 66.4 Å². The molecule has 4 nitrogen and oxygen atoms in total. The maximum Gasteiger partial charge on any atom is 0.307 e. The molecule has 0 aromatic heterocycles. The molecule has 0 aliphatic heterocycles. The van der Waals surface area contributed by atoms with Gasteiger partial charge in [0.1, 0.15) is 0 Å². The summed E-state index contributed by atoms with van der Waals surface area (Å²) in [4.78, 5) is 22.2. The van der Waals surface area contributed by atoms with Crippen molar-refractivity contribution in [2.24, 2.45) is 11.8 Å². The summed E-state index contributed by atoms with van der Waals surface area (Å²) in [7, 11) is 0. The number of carboxylic acids is 1. The number of rotatable bonds is 5. The van der Waals surface area contributed by atoms with Gasteiger partial charge in [-0.05, 0) is 30.5 Å². The SMILES string of the molecule is O=C(O)C1CC1C(=O)NCCc1ccc(Cl)cc1. The number of halogens is 1. The third-order valence-electron chi connectivity index (χ3n) is 3.07. The van der Waals surface area contributed by atoms with Gasteiger partial charge in [-0.15, -0.1) is 0 Å². The molecule has 1 aromatic rings. The first-order valence-corrected chi connectivity index (χ1v) is 6.20. The van der Waals surface area contributed by atoms with E-state index in [-0.39, 0.29) is 11.8 Å². The Bertz CT molecular complexity index is 458. The fourth-order valence-electron chi connectivity index (χ4n) is 1.87. The van der Waals surface area contributed by atoms with E-state index in [0.717, 1.165) is 5.56 Å². The van der Waals surface area contributed by atoms with Crippen molar-refractivity contribution in [1.82, 2.24) is 5.32 Å². The third kappa shape index (κ3) is 3.23. The standard InChI is InChI=1S/C13H14ClNO3/c14-9-3-1-8(2-4-9)5-6-15-12(16)10-7-11(10)13(17)18/h1-4,10-11H,5-7H2,(H,15,16)(H,17,18). The lowest BCUT2D eigenvalue weighted by Gasteiger charge is -2.04. The van der Waals surface area contributed by atoms with E-state index in [4.69, 9.17) is 16.7 Å². The average Bonchev–Trinajstić information content (AvgIpc) is 3.11. The Morgan fingerprint density at radius 2 is 1.94 bits per heavy atom. The van der Waals surface area contributed by atoms with Crippen LogP contribution in [0, 0.1) is 11.8 Å². The van der Waals surface area contributed by atoms with Crippen molar-refractivity contribution in [3.05, 3.63) is 34.9 Å². The lowest BCUT2D eigenvalue weighted by atomic mass is 10.1. The van der Waals surface area contributed by atoms with Crippen molar-refractivity contribution in [2.45, 2.75) is 12.8 Å². The monoisotopic (exact) mass is 267 g/mol. The Labute approximate surface area is 110 Å². The van der Waals surface area contributed by atoms with E-state index in [9.17, 15) is 9.59 Å². The minimum atomic E-state index is -0.882. The van der Waals surface area contributed by atoms with Gasteiger partial charge in [0.25, 0.3) is 0 Å². The molecule has 1 amide bonds. The number of carboxylic acid groups (broad SMARTS) is 1. The lowest BCUT2D eigenvalue weighted by Crippen LogP contribution is -2.28. The Morgan fingerprint density at radius 1 is 1.28 bits per heavy atom.